The van der Waals surface area contributed by atoms with Crippen molar-refractivity contribution in [3.05, 3.63) is 0 Å². The second-order valence-corrected chi connectivity index (χ2v) is 4.82. The molecule has 19 heavy (non-hydrogen) atoms. The van der Waals surface area contributed by atoms with E-state index in [0.29, 0.717) is 0 Å². The second-order valence-electron chi connectivity index (χ2n) is 4.82. The number of aliphatic hydroxyl groups is 1. The first-order valence-electron chi connectivity index (χ1n) is 6.59. The first-order valence-corrected chi connectivity index (χ1v) is 6.59. The average Bonchev–Trinajstić information content (AvgIpc) is 2.43. The van der Waals surface area contributed by atoms with Crippen LogP contribution in [0.5, 0.6) is 0 Å². The highest BCUT2D eigenvalue weighted by Gasteiger charge is 2.25. The van der Waals surface area contributed by atoms with Gasteiger partial charge in [0.2, 0.25) is 0 Å². The van der Waals surface area contributed by atoms with Gasteiger partial charge in [0.25, 0.3) is 0 Å². The number of aliphatic carboxylic acids is 1. The molecule has 0 bridgehead atoms. The Morgan fingerprint density at radius 2 is 2.00 bits per heavy atom. The summed E-state index contributed by atoms with van der Waals surface area (Å²) in [6, 6.07) is -0.167. The van der Waals surface area contributed by atoms with Crippen LogP contribution >= 0.6 is 0 Å². The number of likely N-dealkylation sites (tertiary alicyclic amines) is 1. The number of carboxylic acid groups (broad SMARTS) is 1. The highest BCUT2D eigenvalue weighted by molar-refractivity contribution is 5.76. The van der Waals surface area contributed by atoms with Crippen molar-refractivity contribution in [1.29, 1.82) is 0 Å². The number of urea groups is 1. The van der Waals surface area contributed by atoms with E-state index in [1.807, 2.05) is 0 Å². The van der Waals surface area contributed by atoms with Gasteiger partial charge in [-0.1, -0.05) is 6.92 Å². The number of nitrogens with one attached hydrogen (secondary N) is 1. The number of hydrogen-bond acceptors (Lipinski definition) is 4. The fraction of sp³-hybridized carbons (Fsp3) is 0.833. The molecule has 1 heterocycles. The Morgan fingerprint density at radius 1 is 1.42 bits per heavy atom. The minimum absolute atomic E-state index is 0.171. The number of hydrogen-bond donors (Lipinski definition) is 3. The predicted octanol–water partition coefficient (Wildman–Crippen LogP) is -0.442. The molecule has 0 aromatic carbocycles. The maximum atomic E-state index is 11.8. The molecular formula is C12H23N3O4. The summed E-state index contributed by atoms with van der Waals surface area (Å²) in [6.45, 7) is 4.80. The summed E-state index contributed by atoms with van der Waals surface area (Å²) in [5.74, 6) is -1.33. The number of carbonyl (C=O) groups excluding carboxylic acids is 1. The zero-order valence-electron chi connectivity index (χ0n) is 11.5. The standard InChI is InChI=1S/C12H23N3O4/c1-3-15-6-4-9(5-7-15)14(2)12(19)13-8-10(16)11(17)18/h9-10,16H,3-8H2,1-2H3,(H,13,19)(H,17,18). The second kappa shape index (κ2) is 7.30. The topological polar surface area (TPSA) is 93.1 Å². The van der Waals surface area contributed by atoms with Crippen molar-refractivity contribution in [3.63, 3.8) is 0 Å². The van der Waals surface area contributed by atoms with Gasteiger partial charge < -0.3 is 25.3 Å². The molecule has 1 atom stereocenters. The van der Waals surface area contributed by atoms with Crippen LogP contribution in [0.2, 0.25) is 0 Å². The third kappa shape index (κ3) is 4.68. The monoisotopic (exact) mass is 273 g/mol. The molecule has 0 aliphatic carbocycles. The van der Waals surface area contributed by atoms with Gasteiger partial charge >= 0.3 is 12.0 Å². The van der Waals surface area contributed by atoms with Crippen LogP contribution in [0.4, 0.5) is 4.79 Å². The molecule has 7 heteroatoms. The largest absolute Gasteiger partial charge is 0.479 e. The molecule has 110 valence electrons. The fourth-order valence-electron chi connectivity index (χ4n) is 2.18. The van der Waals surface area contributed by atoms with Crippen LogP contribution in [-0.4, -0.2) is 77.4 Å². The van der Waals surface area contributed by atoms with Gasteiger partial charge in [0.05, 0.1) is 6.54 Å². The van der Waals surface area contributed by atoms with Gasteiger partial charge in [0.15, 0.2) is 6.10 Å². The van der Waals surface area contributed by atoms with Gasteiger partial charge in [-0.3, -0.25) is 0 Å². The number of nitrogens with zero attached hydrogens (tertiary/aromatic N) is 2. The zero-order valence-corrected chi connectivity index (χ0v) is 11.5. The van der Waals surface area contributed by atoms with Gasteiger partial charge in [-0.25, -0.2) is 9.59 Å². The lowest BCUT2D eigenvalue weighted by Gasteiger charge is -2.36. The molecule has 0 aromatic heterocycles. The average molecular weight is 273 g/mol. The van der Waals surface area contributed by atoms with E-state index in [1.54, 1.807) is 11.9 Å². The molecule has 1 aliphatic rings. The van der Waals surface area contributed by atoms with Crippen molar-refractivity contribution in [1.82, 2.24) is 15.1 Å². The lowest BCUT2D eigenvalue weighted by molar-refractivity contribution is -0.146. The van der Waals surface area contributed by atoms with E-state index in [9.17, 15) is 9.59 Å². The van der Waals surface area contributed by atoms with E-state index in [1.165, 1.54) is 0 Å². The van der Waals surface area contributed by atoms with Gasteiger partial charge in [-0.2, -0.15) is 0 Å². The summed E-state index contributed by atoms with van der Waals surface area (Å²) in [6.07, 6.45) is 0.276. The molecule has 0 spiro atoms. The SMILES string of the molecule is CCN1CCC(N(C)C(=O)NCC(O)C(=O)O)CC1. The molecule has 1 unspecified atom stereocenters. The Kier molecular flexibility index (Phi) is 6.04. The molecule has 1 aliphatic heterocycles. The van der Waals surface area contributed by atoms with Crippen molar-refractivity contribution in [2.24, 2.45) is 0 Å². The molecule has 3 N–H and O–H groups in total. The van der Waals surface area contributed by atoms with Gasteiger partial charge in [-0.15, -0.1) is 0 Å². The van der Waals surface area contributed by atoms with E-state index in [-0.39, 0.29) is 18.6 Å². The zero-order chi connectivity index (χ0) is 14.4. The molecule has 1 rings (SSSR count). The number of amides is 2. The van der Waals surface area contributed by atoms with Crippen molar-refractivity contribution < 1.29 is 19.8 Å². The predicted molar refractivity (Wildman–Crippen MR) is 69.9 cm³/mol. The Bertz CT molecular complexity index is 316. The first-order chi connectivity index (χ1) is 8.95. The summed E-state index contributed by atoms with van der Waals surface area (Å²) in [5, 5.41) is 20.0. The maximum Gasteiger partial charge on any atom is 0.334 e. The van der Waals surface area contributed by atoms with Crippen LogP contribution in [0, 0.1) is 0 Å². The van der Waals surface area contributed by atoms with Gasteiger partial charge in [-0.05, 0) is 19.4 Å². The van der Waals surface area contributed by atoms with Crippen molar-refractivity contribution in [2.75, 3.05) is 33.2 Å². The normalized spacial score (nSPS) is 18.9. The number of aliphatic hydroxyl groups excluding tert-OH is 1. The smallest absolute Gasteiger partial charge is 0.334 e. The molecule has 0 radical (unpaired) electrons. The number of rotatable bonds is 5. The molecule has 1 saturated heterocycles. The van der Waals surface area contributed by atoms with E-state index < -0.39 is 12.1 Å². The van der Waals surface area contributed by atoms with Crippen molar-refractivity contribution in [3.8, 4) is 0 Å². The van der Waals surface area contributed by atoms with Crippen LogP contribution in [0.25, 0.3) is 0 Å². The molecular weight excluding hydrogens is 250 g/mol. The van der Waals surface area contributed by atoms with E-state index in [4.69, 9.17) is 10.2 Å². The molecule has 7 nitrogen and oxygen atoms in total. The Morgan fingerprint density at radius 3 is 2.47 bits per heavy atom. The van der Waals surface area contributed by atoms with Crippen molar-refractivity contribution >= 4 is 12.0 Å². The van der Waals surface area contributed by atoms with Crippen LogP contribution in [0.1, 0.15) is 19.8 Å². The van der Waals surface area contributed by atoms with Gasteiger partial charge in [0, 0.05) is 26.2 Å². The Labute approximate surface area is 113 Å². The number of carbonyl (C=O) groups is 2. The van der Waals surface area contributed by atoms with E-state index in [2.05, 4.69) is 17.1 Å². The van der Waals surface area contributed by atoms with Crippen LogP contribution in [0.15, 0.2) is 0 Å². The molecule has 1 fully saturated rings. The lowest BCUT2D eigenvalue weighted by Crippen LogP contribution is -2.50. The number of piperidine rings is 1. The summed E-state index contributed by atoms with van der Waals surface area (Å²) in [4.78, 5) is 26.2. The van der Waals surface area contributed by atoms with Crippen LogP contribution in [0.3, 0.4) is 0 Å². The Balaban J connectivity index is 2.34. The first kappa shape index (κ1) is 15.7. The Hall–Kier alpha value is -1.34. The van der Waals surface area contributed by atoms with Gasteiger partial charge in [0.1, 0.15) is 0 Å². The number of carboxylic acids is 1. The maximum absolute atomic E-state index is 11.8. The highest BCUT2D eigenvalue weighted by atomic mass is 16.4. The van der Waals surface area contributed by atoms with E-state index in [0.717, 1.165) is 32.5 Å². The quantitative estimate of drug-likeness (QED) is 0.631. The van der Waals surface area contributed by atoms with Crippen molar-refractivity contribution in [2.45, 2.75) is 31.9 Å². The summed E-state index contributed by atoms with van der Waals surface area (Å²) >= 11 is 0. The molecule has 2 amide bonds. The minimum atomic E-state index is -1.56. The molecule has 0 saturated carbocycles. The van der Waals surface area contributed by atoms with Crippen LogP contribution in [-0.2, 0) is 4.79 Å². The highest BCUT2D eigenvalue weighted by Crippen LogP contribution is 2.14. The summed E-state index contributed by atoms with van der Waals surface area (Å²) in [5.41, 5.74) is 0. The third-order valence-electron chi connectivity index (χ3n) is 3.60. The summed E-state index contributed by atoms with van der Waals surface area (Å²) in [7, 11) is 1.70. The fourth-order valence-corrected chi connectivity index (χ4v) is 2.18. The minimum Gasteiger partial charge on any atom is -0.479 e. The lowest BCUT2D eigenvalue weighted by atomic mass is 10.0. The third-order valence-corrected chi connectivity index (χ3v) is 3.60. The van der Waals surface area contributed by atoms with E-state index >= 15 is 0 Å². The summed E-state index contributed by atoms with van der Waals surface area (Å²) < 4.78 is 0. The van der Waals surface area contributed by atoms with Crippen LogP contribution < -0.4 is 5.32 Å². The molecule has 0 aromatic rings.